The van der Waals surface area contributed by atoms with E-state index in [1.807, 2.05) is 43.3 Å². The Morgan fingerprint density at radius 3 is 2.32 bits per heavy atom. The highest BCUT2D eigenvalue weighted by molar-refractivity contribution is 5.75. The number of phenolic OH excluding ortho intramolecular Hbond substituents is 1. The van der Waals surface area contributed by atoms with Crippen LogP contribution >= 0.6 is 0 Å². The van der Waals surface area contributed by atoms with Crippen LogP contribution in [0.4, 0.5) is 17.6 Å². The third kappa shape index (κ3) is 4.85. The van der Waals surface area contributed by atoms with Crippen LogP contribution in [0.1, 0.15) is 52.5 Å². The van der Waals surface area contributed by atoms with Crippen LogP contribution in [-0.4, -0.2) is 52.7 Å². The van der Waals surface area contributed by atoms with Gasteiger partial charge in [0, 0.05) is 11.1 Å². The maximum absolute atomic E-state index is 11.3. The van der Waals surface area contributed by atoms with Crippen LogP contribution in [-0.2, 0) is 0 Å². The Hall–Kier alpha value is -4.21. The molecule has 0 amide bonds. The van der Waals surface area contributed by atoms with Crippen molar-refractivity contribution in [2.45, 2.75) is 65.0 Å². The van der Waals surface area contributed by atoms with Crippen molar-refractivity contribution in [2.24, 2.45) is 0 Å². The second-order valence-electron chi connectivity index (χ2n) is 10.9. The zero-order valence-electron chi connectivity index (χ0n) is 22.6. The number of nitrogens with one attached hydrogen (secondary N) is 1. The normalized spacial score (nSPS) is 16.4. The zero-order chi connectivity index (χ0) is 27.1. The third-order valence-corrected chi connectivity index (χ3v) is 6.90. The highest BCUT2D eigenvalue weighted by Crippen LogP contribution is 2.41. The van der Waals surface area contributed by atoms with Gasteiger partial charge in [0.25, 0.3) is 0 Å². The summed E-state index contributed by atoms with van der Waals surface area (Å²) in [7, 11) is 0. The van der Waals surface area contributed by atoms with Gasteiger partial charge in [-0.25, -0.2) is 0 Å². The van der Waals surface area contributed by atoms with Gasteiger partial charge in [0.2, 0.25) is 11.9 Å². The molecule has 0 atom stereocenters. The van der Waals surface area contributed by atoms with Crippen molar-refractivity contribution in [3.63, 3.8) is 0 Å². The van der Waals surface area contributed by atoms with Crippen molar-refractivity contribution >= 4 is 28.6 Å². The molecule has 198 valence electrons. The molecular weight excluding hydrogens is 480 g/mol. The van der Waals surface area contributed by atoms with Crippen LogP contribution in [0.3, 0.4) is 0 Å². The lowest BCUT2D eigenvalue weighted by Crippen LogP contribution is -2.59. The molecule has 0 radical (unpaired) electrons. The maximum atomic E-state index is 11.3. The largest absolute Gasteiger partial charge is 0.504 e. The van der Waals surface area contributed by atoms with Crippen molar-refractivity contribution in [1.82, 2.24) is 29.9 Å². The Labute approximate surface area is 222 Å². The fraction of sp³-hybridized carbons (Fsp3) is 0.393. The molecule has 1 aliphatic heterocycles. The summed E-state index contributed by atoms with van der Waals surface area (Å²) in [5.74, 6) is 0.755. The lowest BCUT2D eigenvalue weighted by molar-refractivity contribution is 0.238. The Morgan fingerprint density at radius 2 is 1.68 bits per heavy atom. The molecule has 10 nitrogen and oxygen atoms in total. The molecule has 0 unspecified atom stereocenters. The minimum atomic E-state index is -0.164. The number of aromatic hydroxyl groups is 1. The van der Waals surface area contributed by atoms with Crippen molar-refractivity contribution in [2.75, 3.05) is 16.8 Å². The predicted molar refractivity (Wildman–Crippen MR) is 149 cm³/mol. The number of benzene rings is 2. The van der Waals surface area contributed by atoms with Gasteiger partial charge < -0.3 is 20.1 Å². The molecule has 5 rings (SSSR count). The summed E-state index contributed by atoms with van der Waals surface area (Å²) in [5.41, 5.74) is 2.91. The van der Waals surface area contributed by atoms with Crippen LogP contribution in [0, 0.1) is 6.92 Å². The van der Waals surface area contributed by atoms with E-state index >= 15 is 0 Å². The second-order valence-corrected chi connectivity index (χ2v) is 10.9. The number of anilines is 3. The smallest absolute Gasteiger partial charge is 0.323 e. The van der Waals surface area contributed by atoms with E-state index in [0.717, 1.165) is 35.9 Å². The highest BCUT2D eigenvalue weighted by Gasteiger charge is 2.43. The molecule has 2 aromatic carbocycles. The van der Waals surface area contributed by atoms with Gasteiger partial charge in [-0.3, -0.25) is 0 Å². The van der Waals surface area contributed by atoms with Crippen LogP contribution in [0.25, 0.3) is 16.7 Å². The summed E-state index contributed by atoms with van der Waals surface area (Å²) in [5, 5.41) is 23.5. The molecule has 10 heteroatoms. The van der Waals surface area contributed by atoms with Gasteiger partial charge in [0.1, 0.15) is 23.3 Å². The lowest BCUT2D eigenvalue weighted by Gasteiger charge is -2.52. The fourth-order valence-corrected chi connectivity index (χ4v) is 5.33. The third-order valence-electron chi connectivity index (χ3n) is 6.90. The van der Waals surface area contributed by atoms with Gasteiger partial charge in [-0.05, 0) is 83.7 Å². The number of nitrogens with zero attached hydrogens (tertiary/aromatic N) is 7. The molecule has 3 heterocycles. The molecule has 0 bridgehead atoms. The van der Waals surface area contributed by atoms with Crippen LogP contribution in [0.5, 0.6) is 11.8 Å². The number of hydrogen-bond acceptors (Lipinski definition) is 9. The van der Waals surface area contributed by atoms with Gasteiger partial charge in [-0.15, -0.1) is 15.0 Å². The topological polar surface area (TPSA) is 114 Å². The molecule has 2 N–H and O–H groups in total. The predicted octanol–water partition coefficient (Wildman–Crippen LogP) is 5.48. The minimum Gasteiger partial charge on any atom is -0.504 e. The number of piperidine rings is 1. The zero-order valence-corrected chi connectivity index (χ0v) is 22.6. The number of ether oxygens (including phenoxy) is 1. The van der Waals surface area contributed by atoms with E-state index in [9.17, 15) is 5.11 Å². The van der Waals surface area contributed by atoms with Gasteiger partial charge >= 0.3 is 6.01 Å². The first-order chi connectivity index (χ1) is 18.1. The average molecular weight is 515 g/mol. The van der Waals surface area contributed by atoms with Crippen molar-refractivity contribution in [3.05, 3.63) is 54.6 Å². The molecule has 38 heavy (non-hydrogen) atoms. The number of aryl methyl sites for hydroxylation is 1. The van der Waals surface area contributed by atoms with Gasteiger partial charge in [0.05, 0.1) is 5.69 Å². The molecule has 1 saturated heterocycles. The van der Waals surface area contributed by atoms with E-state index < -0.39 is 0 Å². The number of aromatic nitrogens is 6. The summed E-state index contributed by atoms with van der Waals surface area (Å²) in [4.78, 5) is 17.6. The van der Waals surface area contributed by atoms with Gasteiger partial charge in [-0.2, -0.15) is 15.0 Å². The van der Waals surface area contributed by atoms with Crippen LogP contribution in [0.15, 0.2) is 49.1 Å². The van der Waals surface area contributed by atoms with E-state index in [1.165, 1.54) is 4.80 Å². The Morgan fingerprint density at radius 1 is 1.03 bits per heavy atom. The summed E-state index contributed by atoms with van der Waals surface area (Å²) in [6.07, 6.45) is 4.80. The minimum absolute atomic E-state index is 0.0231. The number of phenols is 1. The van der Waals surface area contributed by atoms with E-state index in [1.54, 1.807) is 6.08 Å². The molecule has 0 spiro atoms. The fourth-order valence-electron chi connectivity index (χ4n) is 5.33. The summed E-state index contributed by atoms with van der Waals surface area (Å²) < 4.78 is 5.75. The lowest BCUT2D eigenvalue weighted by atomic mass is 9.80. The van der Waals surface area contributed by atoms with Crippen molar-refractivity contribution < 1.29 is 9.84 Å². The number of hydrogen-bond donors (Lipinski definition) is 2. The molecule has 4 aromatic rings. The van der Waals surface area contributed by atoms with Crippen LogP contribution < -0.4 is 15.0 Å². The van der Waals surface area contributed by atoms with Crippen molar-refractivity contribution in [1.29, 1.82) is 0 Å². The number of fused-ring (bicyclic) bond motifs is 1. The standard InChI is InChI=1S/C28H34N8O2/c1-7-15-38-26-31-24(30-25(32-26)35-27(3,4)13-10-14-28(35,5)6)29-21-16-18(2)17-22(23(21)37)36-33-19-11-8-9-12-20(19)34-36/h7-9,11-12,16-17,37H,1,10,13-15H2,2-6H3,(H,29,30,31,32). The molecule has 2 aromatic heterocycles. The first-order valence-electron chi connectivity index (χ1n) is 12.8. The highest BCUT2D eigenvalue weighted by atomic mass is 16.5. The molecular formula is C28H34N8O2. The molecule has 1 aliphatic rings. The quantitative estimate of drug-likeness (QED) is 0.244. The first kappa shape index (κ1) is 25.4. The Bertz CT molecular complexity index is 1440. The molecule has 0 aliphatic carbocycles. The van der Waals surface area contributed by atoms with E-state index in [0.29, 0.717) is 17.3 Å². The maximum Gasteiger partial charge on any atom is 0.323 e. The Kier molecular flexibility index (Phi) is 6.42. The Balaban J connectivity index is 1.57. The monoisotopic (exact) mass is 514 g/mol. The second kappa shape index (κ2) is 9.59. The molecule has 0 saturated carbocycles. The first-order valence-corrected chi connectivity index (χ1v) is 12.8. The SMILES string of the molecule is C=CCOc1nc(Nc2cc(C)cc(-n3nc4ccccc4n3)c2O)nc(N2C(C)(C)CCCC2(C)C)n1. The van der Waals surface area contributed by atoms with Crippen molar-refractivity contribution in [3.8, 4) is 17.4 Å². The molecule has 1 fully saturated rings. The number of rotatable bonds is 7. The summed E-state index contributed by atoms with van der Waals surface area (Å²) in [6.45, 7) is 14.7. The van der Waals surface area contributed by atoms with E-state index in [2.05, 4.69) is 64.7 Å². The van der Waals surface area contributed by atoms with E-state index in [4.69, 9.17) is 9.72 Å². The average Bonchev–Trinajstić information content (AvgIpc) is 3.27. The van der Waals surface area contributed by atoms with Crippen LogP contribution in [0.2, 0.25) is 0 Å². The van der Waals surface area contributed by atoms with E-state index in [-0.39, 0.29) is 35.4 Å². The van der Waals surface area contributed by atoms with Gasteiger partial charge in [-0.1, -0.05) is 24.8 Å². The van der Waals surface area contributed by atoms with Gasteiger partial charge in [0.15, 0.2) is 5.75 Å². The summed E-state index contributed by atoms with van der Waals surface area (Å²) >= 11 is 0. The summed E-state index contributed by atoms with van der Waals surface area (Å²) in [6, 6.07) is 11.4.